The number of anilines is 1. The summed E-state index contributed by atoms with van der Waals surface area (Å²) in [4.78, 5) is 34.8. The molecule has 0 saturated heterocycles. The molecule has 3 rings (SSSR count). The van der Waals surface area contributed by atoms with Gasteiger partial charge >= 0.3 is 11.9 Å². The Morgan fingerprint density at radius 3 is 2.35 bits per heavy atom. The molecule has 1 saturated carbocycles. The third-order valence-corrected chi connectivity index (χ3v) is 9.72. The molecule has 0 bridgehead atoms. The number of nitrogens with one attached hydrogen (secondary N) is 2. The summed E-state index contributed by atoms with van der Waals surface area (Å²) in [5.74, 6) is -0.945. The van der Waals surface area contributed by atoms with Crippen molar-refractivity contribution < 1.29 is 28.4 Å². The van der Waals surface area contributed by atoms with Gasteiger partial charge in [0.25, 0.3) is 0 Å². The highest BCUT2D eigenvalue weighted by atomic mass is 31.2. The highest BCUT2D eigenvalue weighted by Gasteiger charge is 2.56. The largest absolute Gasteiger partial charge is 0.464 e. The van der Waals surface area contributed by atoms with Crippen molar-refractivity contribution in [3.8, 4) is 0 Å². The molecule has 1 fully saturated rings. The van der Waals surface area contributed by atoms with Gasteiger partial charge in [-0.1, -0.05) is 52.4 Å². The van der Waals surface area contributed by atoms with Crippen molar-refractivity contribution in [2.75, 3.05) is 25.3 Å². The Labute approximate surface area is 255 Å². The van der Waals surface area contributed by atoms with Crippen LogP contribution in [0.15, 0.2) is 18.6 Å². The van der Waals surface area contributed by atoms with Crippen LogP contribution in [0, 0.1) is 0 Å². The number of fused-ring (bicyclic) bond motifs is 1. The molecular formula is C30H51N6O6P. The van der Waals surface area contributed by atoms with Crippen LogP contribution in [0.25, 0.3) is 11.2 Å². The van der Waals surface area contributed by atoms with Gasteiger partial charge in [0.05, 0.1) is 37.9 Å². The third kappa shape index (κ3) is 10.3. The van der Waals surface area contributed by atoms with Crippen molar-refractivity contribution in [3.63, 3.8) is 0 Å². The van der Waals surface area contributed by atoms with Crippen molar-refractivity contribution >= 4 is 36.2 Å². The monoisotopic (exact) mass is 622 g/mol. The number of nitrogens with zero attached hydrogens (tertiary/aromatic N) is 3. The number of imidazole rings is 1. The van der Waals surface area contributed by atoms with Crippen LogP contribution in [0.5, 0.6) is 0 Å². The average Bonchev–Trinajstić information content (AvgIpc) is 3.62. The molecule has 1 unspecified atom stereocenters. The van der Waals surface area contributed by atoms with Gasteiger partial charge in [-0.05, 0) is 52.5 Å². The number of pyridine rings is 1. The van der Waals surface area contributed by atoms with Crippen LogP contribution in [-0.2, 0) is 34.9 Å². The van der Waals surface area contributed by atoms with E-state index >= 15 is 0 Å². The van der Waals surface area contributed by atoms with E-state index < -0.39 is 36.6 Å². The summed E-state index contributed by atoms with van der Waals surface area (Å²) < 4.78 is 33.5. The average molecular weight is 623 g/mol. The molecule has 1 aliphatic carbocycles. The number of nitrogen functional groups attached to an aromatic ring is 1. The molecule has 12 nitrogen and oxygen atoms in total. The minimum Gasteiger partial charge on any atom is -0.464 e. The van der Waals surface area contributed by atoms with Gasteiger partial charge in [0, 0.05) is 6.20 Å². The highest BCUT2D eigenvalue weighted by Crippen LogP contribution is 2.49. The van der Waals surface area contributed by atoms with Gasteiger partial charge < -0.3 is 24.5 Å². The molecule has 2 aromatic rings. The summed E-state index contributed by atoms with van der Waals surface area (Å²) in [6.45, 7) is 10.3. The molecule has 0 aromatic carbocycles. The zero-order valence-corrected chi connectivity index (χ0v) is 27.4. The van der Waals surface area contributed by atoms with E-state index in [1.807, 2.05) is 11.5 Å². The van der Waals surface area contributed by atoms with Crippen molar-refractivity contribution in [2.45, 2.75) is 123 Å². The topological polar surface area (TPSA) is 160 Å². The molecule has 2 atom stereocenters. The van der Waals surface area contributed by atoms with Crippen LogP contribution >= 0.6 is 7.44 Å². The van der Waals surface area contributed by atoms with Crippen LogP contribution in [-0.4, -0.2) is 63.2 Å². The van der Waals surface area contributed by atoms with Crippen molar-refractivity contribution in [1.29, 1.82) is 0 Å². The predicted molar refractivity (Wildman–Crippen MR) is 167 cm³/mol. The maximum atomic E-state index is 14.5. The van der Waals surface area contributed by atoms with Crippen LogP contribution in [0.3, 0.4) is 0 Å². The number of ether oxygens (including phenoxy) is 3. The van der Waals surface area contributed by atoms with E-state index in [1.54, 1.807) is 32.4 Å². The number of hydrogen-bond acceptors (Lipinski definition) is 9. The molecular weight excluding hydrogens is 571 g/mol. The molecule has 43 heavy (non-hydrogen) atoms. The summed E-state index contributed by atoms with van der Waals surface area (Å²) in [6.07, 6.45) is 11.4. The Balaban J connectivity index is 1.69. The predicted octanol–water partition coefficient (Wildman–Crippen LogP) is 5.31. The maximum absolute atomic E-state index is 14.5. The van der Waals surface area contributed by atoms with Gasteiger partial charge in [-0.15, -0.1) is 0 Å². The van der Waals surface area contributed by atoms with Crippen LogP contribution in [0.4, 0.5) is 5.69 Å². The van der Waals surface area contributed by atoms with E-state index in [4.69, 9.17) is 19.9 Å². The van der Waals surface area contributed by atoms with E-state index in [9.17, 15) is 14.2 Å². The fourth-order valence-electron chi connectivity index (χ4n) is 4.81. The summed E-state index contributed by atoms with van der Waals surface area (Å²) >= 11 is 0. The lowest BCUT2D eigenvalue weighted by atomic mass is 10.1. The lowest BCUT2D eigenvalue weighted by molar-refractivity contribution is -0.149. The Kier molecular flexibility index (Phi) is 13.0. The van der Waals surface area contributed by atoms with Gasteiger partial charge in [-0.3, -0.25) is 14.2 Å². The quantitative estimate of drug-likeness (QED) is 0.0941. The number of aromatic nitrogens is 3. The Bertz CT molecular complexity index is 1210. The fraction of sp³-hybridized carbons (Fsp3) is 0.733. The van der Waals surface area contributed by atoms with Crippen LogP contribution in [0.2, 0.25) is 0 Å². The molecule has 242 valence electrons. The van der Waals surface area contributed by atoms with E-state index in [0.29, 0.717) is 49.5 Å². The van der Waals surface area contributed by atoms with E-state index in [2.05, 4.69) is 34.0 Å². The first kappa shape index (κ1) is 35.0. The normalized spacial score (nSPS) is 16.5. The van der Waals surface area contributed by atoms with Crippen LogP contribution < -0.4 is 15.9 Å². The van der Waals surface area contributed by atoms with Crippen molar-refractivity contribution in [1.82, 2.24) is 24.7 Å². The number of rotatable bonds is 21. The smallest absolute Gasteiger partial charge is 0.326 e. The molecule has 1 aliphatic rings. The van der Waals surface area contributed by atoms with Crippen molar-refractivity contribution in [2.24, 2.45) is 0 Å². The first-order valence-corrected chi connectivity index (χ1v) is 17.5. The van der Waals surface area contributed by atoms with E-state index in [1.165, 1.54) is 0 Å². The second kappa shape index (κ2) is 16.0. The number of hydrogen-bond donors (Lipinski definition) is 3. The summed E-state index contributed by atoms with van der Waals surface area (Å²) in [5, 5.41) is 6.07. The fourth-order valence-corrected chi connectivity index (χ4v) is 7.46. The third-order valence-electron chi connectivity index (χ3n) is 7.50. The van der Waals surface area contributed by atoms with Gasteiger partial charge in [0.1, 0.15) is 22.9 Å². The second-order valence-corrected chi connectivity index (χ2v) is 14.3. The SMILES string of the molecule is CCCCCCOC(=O)C(C)(C)NP(=O)(CO[C@H](C)Cn1cnc2c(N)ccnc21)NC1(C(=O)OCCCCCC)CC1. The Hall–Kier alpha value is -2.53. The second-order valence-electron chi connectivity index (χ2n) is 12.1. The number of carbonyl (C=O) groups is 2. The zero-order valence-electron chi connectivity index (χ0n) is 26.5. The number of nitrogens with two attached hydrogens (primary N) is 1. The summed E-state index contributed by atoms with van der Waals surface area (Å²) in [5.41, 5.74) is 5.38. The number of unbranched alkanes of at least 4 members (excludes halogenated alkanes) is 6. The lowest BCUT2D eigenvalue weighted by Gasteiger charge is -2.33. The minimum absolute atomic E-state index is 0.269. The van der Waals surface area contributed by atoms with Gasteiger partial charge in [-0.2, -0.15) is 0 Å². The minimum atomic E-state index is -3.69. The number of carbonyl (C=O) groups excluding carboxylic acids is 2. The highest BCUT2D eigenvalue weighted by molar-refractivity contribution is 7.59. The number of esters is 2. The molecule has 4 N–H and O–H groups in total. The molecule has 0 aliphatic heterocycles. The van der Waals surface area contributed by atoms with Crippen molar-refractivity contribution in [3.05, 3.63) is 18.6 Å². The first-order chi connectivity index (χ1) is 20.5. The molecule has 13 heteroatoms. The van der Waals surface area contributed by atoms with Gasteiger partial charge in [0.2, 0.25) is 7.44 Å². The molecule has 2 aromatic heterocycles. The summed E-state index contributed by atoms with van der Waals surface area (Å²) in [7, 11) is -3.69. The molecule has 0 spiro atoms. The molecule has 0 radical (unpaired) electrons. The Morgan fingerprint density at radius 1 is 1.07 bits per heavy atom. The first-order valence-electron chi connectivity index (χ1n) is 15.6. The Morgan fingerprint density at radius 2 is 1.72 bits per heavy atom. The molecule has 2 heterocycles. The van der Waals surface area contributed by atoms with E-state index in [0.717, 1.165) is 51.4 Å². The molecule has 0 amide bonds. The zero-order chi connectivity index (χ0) is 31.5. The van der Waals surface area contributed by atoms with Gasteiger partial charge in [0.15, 0.2) is 5.65 Å². The standard InChI is InChI=1S/C30H51N6O6P/c1-6-8-10-12-18-40-27(37)29(4,5)34-43(39,35-30(15-16-30)28(38)41-19-13-11-9-7-2)22-42-23(3)20-36-21-33-25-24(31)14-17-32-26(25)36/h14,17,21,23H,6-13,15-16,18-20,22H2,1-5H3,(H2,31,32)(H2,34,35,39)/t23-,43?/m1/s1. The van der Waals surface area contributed by atoms with E-state index in [-0.39, 0.29) is 6.35 Å². The van der Waals surface area contributed by atoms with Crippen LogP contribution in [0.1, 0.15) is 98.8 Å². The maximum Gasteiger partial charge on any atom is 0.326 e. The van der Waals surface area contributed by atoms with Gasteiger partial charge in [-0.25, -0.2) is 20.1 Å². The summed E-state index contributed by atoms with van der Waals surface area (Å²) in [6, 6.07) is 1.69. The lowest BCUT2D eigenvalue weighted by Crippen LogP contribution is -2.51.